The fraction of sp³-hybridized carbons (Fsp3) is 0.667. The van der Waals surface area contributed by atoms with Gasteiger partial charge < -0.3 is 4.42 Å². The molecule has 0 aromatic carbocycles. The highest BCUT2D eigenvalue weighted by molar-refractivity contribution is 7.89. The zero-order valence-electron chi connectivity index (χ0n) is 10.6. The molecule has 102 valence electrons. The standard InChI is InChI=1S/C12H18ClNO3S/c1-9-7-11(9)12-4-3-10(17-12)8-14(2)18(15,16)6-5-13/h3-4,9,11H,5-8H2,1-2H3. The molecule has 0 amide bonds. The number of rotatable bonds is 6. The van der Waals surface area contributed by atoms with Crippen molar-refractivity contribution in [1.82, 2.24) is 4.31 Å². The summed E-state index contributed by atoms with van der Waals surface area (Å²) in [6, 6.07) is 3.80. The highest BCUT2D eigenvalue weighted by Gasteiger charge is 2.36. The monoisotopic (exact) mass is 291 g/mol. The van der Waals surface area contributed by atoms with E-state index >= 15 is 0 Å². The molecule has 1 aromatic heterocycles. The zero-order valence-corrected chi connectivity index (χ0v) is 12.2. The fourth-order valence-corrected chi connectivity index (χ4v) is 3.38. The Kier molecular flexibility index (Phi) is 4.04. The number of alkyl halides is 1. The Morgan fingerprint density at radius 1 is 1.50 bits per heavy atom. The molecule has 2 atom stereocenters. The summed E-state index contributed by atoms with van der Waals surface area (Å²) in [5, 5.41) is 0. The lowest BCUT2D eigenvalue weighted by Crippen LogP contribution is -2.29. The number of furan rings is 1. The van der Waals surface area contributed by atoms with Crippen molar-refractivity contribution in [2.24, 2.45) is 5.92 Å². The zero-order chi connectivity index (χ0) is 13.3. The Labute approximate surface area is 113 Å². The van der Waals surface area contributed by atoms with E-state index in [0.717, 1.165) is 12.2 Å². The minimum Gasteiger partial charge on any atom is -0.464 e. The summed E-state index contributed by atoms with van der Waals surface area (Å²) in [7, 11) is -1.73. The minimum atomic E-state index is -3.27. The average Bonchev–Trinajstić information content (AvgIpc) is 2.84. The molecule has 2 unspecified atom stereocenters. The highest BCUT2D eigenvalue weighted by Crippen LogP contribution is 2.47. The minimum absolute atomic E-state index is 0.0434. The van der Waals surface area contributed by atoms with E-state index in [2.05, 4.69) is 6.92 Å². The van der Waals surface area contributed by atoms with E-state index in [0.29, 0.717) is 17.6 Å². The van der Waals surface area contributed by atoms with Gasteiger partial charge in [-0.3, -0.25) is 0 Å². The summed E-state index contributed by atoms with van der Waals surface area (Å²) in [5.74, 6) is 2.92. The SMILES string of the molecule is CC1CC1c1ccc(CN(C)S(=O)(=O)CCCl)o1. The Hall–Kier alpha value is -0.520. The second-order valence-electron chi connectivity index (χ2n) is 4.88. The van der Waals surface area contributed by atoms with Gasteiger partial charge in [-0.15, -0.1) is 11.6 Å². The van der Waals surface area contributed by atoms with Crippen LogP contribution in [0.5, 0.6) is 0 Å². The molecule has 0 aliphatic heterocycles. The van der Waals surface area contributed by atoms with Crippen molar-refractivity contribution in [2.75, 3.05) is 18.7 Å². The smallest absolute Gasteiger partial charge is 0.215 e. The molecular weight excluding hydrogens is 274 g/mol. The molecule has 0 spiro atoms. The van der Waals surface area contributed by atoms with Crippen LogP contribution in [0.3, 0.4) is 0 Å². The number of hydrogen-bond acceptors (Lipinski definition) is 3. The molecule has 1 aliphatic rings. The van der Waals surface area contributed by atoms with Crippen molar-refractivity contribution < 1.29 is 12.8 Å². The Bertz CT molecular complexity index is 511. The van der Waals surface area contributed by atoms with Gasteiger partial charge in [0.2, 0.25) is 10.0 Å². The first kappa shape index (κ1) is 13.9. The lowest BCUT2D eigenvalue weighted by atomic mass is 10.3. The Morgan fingerprint density at radius 2 is 2.17 bits per heavy atom. The molecule has 0 saturated heterocycles. The normalized spacial score (nSPS) is 23.6. The predicted molar refractivity (Wildman–Crippen MR) is 71.2 cm³/mol. The number of hydrogen-bond donors (Lipinski definition) is 0. The van der Waals surface area contributed by atoms with Crippen LogP contribution in [0.25, 0.3) is 0 Å². The molecule has 1 fully saturated rings. The first-order valence-corrected chi connectivity index (χ1v) is 8.17. The van der Waals surface area contributed by atoms with Crippen molar-refractivity contribution in [3.8, 4) is 0 Å². The highest BCUT2D eigenvalue weighted by atomic mass is 35.5. The van der Waals surface area contributed by atoms with Crippen molar-refractivity contribution in [3.63, 3.8) is 0 Å². The van der Waals surface area contributed by atoms with Gasteiger partial charge in [0.1, 0.15) is 11.5 Å². The van der Waals surface area contributed by atoms with E-state index < -0.39 is 10.0 Å². The topological polar surface area (TPSA) is 50.5 Å². The summed E-state index contributed by atoms with van der Waals surface area (Å²) >= 11 is 5.47. The van der Waals surface area contributed by atoms with E-state index in [1.165, 1.54) is 4.31 Å². The second-order valence-corrected chi connectivity index (χ2v) is 7.46. The van der Waals surface area contributed by atoms with Gasteiger partial charge in [-0.2, -0.15) is 4.31 Å². The van der Waals surface area contributed by atoms with E-state index in [1.54, 1.807) is 7.05 Å². The van der Waals surface area contributed by atoms with Crippen LogP contribution in [0.15, 0.2) is 16.5 Å². The van der Waals surface area contributed by atoms with E-state index in [9.17, 15) is 8.42 Å². The molecule has 1 aliphatic carbocycles. The van der Waals surface area contributed by atoms with Crippen LogP contribution >= 0.6 is 11.6 Å². The quantitative estimate of drug-likeness (QED) is 0.756. The summed E-state index contributed by atoms with van der Waals surface area (Å²) in [6.07, 6.45) is 1.16. The van der Waals surface area contributed by atoms with Gasteiger partial charge >= 0.3 is 0 Å². The average molecular weight is 292 g/mol. The van der Waals surface area contributed by atoms with Crippen molar-refractivity contribution >= 4 is 21.6 Å². The van der Waals surface area contributed by atoms with Crippen LogP contribution in [-0.2, 0) is 16.6 Å². The lowest BCUT2D eigenvalue weighted by Gasteiger charge is -2.14. The number of nitrogens with zero attached hydrogens (tertiary/aromatic N) is 1. The maximum absolute atomic E-state index is 11.7. The fourth-order valence-electron chi connectivity index (χ4n) is 1.97. The third-order valence-corrected chi connectivity index (χ3v) is 5.56. The molecule has 18 heavy (non-hydrogen) atoms. The molecule has 1 saturated carbocycles. The van der Waals surface area contributed by atoms with Crippen LogP contribution in [0.1, 0.15) is 30.8 Å². The van der Waals surface area contributed by atoms with Gasteiger partial charge in [0, 0.05) is 18.8 Å². The van der Waals surface area contributed by atoms with Crippen LogP contribution in [-0.4, -0.2) is 31.4 Å². The Morgan fingerprint density at radius 3 is 2.72 bits per heavy atom. The van der Waals surface area contributed by atoms with Gasteiger partial charge in [-0.05, 0) is 24.5 Å². The molecule has 0 radical (unpaired) electrons. The maximum Gasteiger partial charge on any atom is 0.215 e. The molecule has 4 nitrogen and oxygen atoms in total. The molecule has 1 aromatic rings. The van der Waals surface area contributed by atoms with Crippen LogP contribution in [0, 0.1) is 5.92 Å². The van der Waals surface area contributed by atoms with Crippen LogP contribution in [0.2, 0.25) is 0 Å². The summed E-state index contributed by atoms with van der Waals surface area (Å²) in [6.45, 7) is 2.45. The first-order chi connectivity index (χ1) is 8.44. The van der Waals surface area contributed by atoms with E-state index in [4.69, 9.17) is 16.0 Å². The van der Waals surface area contributed by atoms with E-state index in [1.807, 2.05) is 12.1 Å². The van der Waals surface area contributed by atoms with Crippen molar-refractivity contribution in [3.05, 3.63) is 23.7 Å². The largest absolute Gasteiger partial charge is 0.464 e. The summed E-state index contributed by atoms with van der Waals surface area (Å²) in [4.78, 5) is 0. The predicted octanol–water partition coefficient (Wildman–Crippen LogP) is 2.40. The molecule has 6 heteroatoms. The third kappa shape index (κ3) is 3.08. The van der Waals surface area contributed by atoms with Gasteiger partial charge in [-0.25, -0.2) is 8.42 Å². The maximum atomic E-state index is 11.7. The number of halogens is 1. The van der Waals surface area contributed by atoms with Gasteiger partial charge in [0.05, 0.1) is 12.3 Å². The second kappa shape index (κ2) is 5.23. The Balaban J connectivity index is 1.99. The lowest BCUT2D eigenvalue weighted by molar-refractivity contribution is 0.390. The summed E-state index contributed by atoms with van der Waals surface area (Å²) in [5.41, 5.74) is 0. The molecule has 2 rings (SSSR count). The number of sulfonamides is 1. The van der Waals surface area contributed by atoms with E-state index in [-0.39, 0.29) is 18.2 Å². The first-order valence-electron chi connectivity index (χ1n) is 6.02. The van der Waals surface area contributed by atoms with Gasteiger partial charge in [0.15, 0.2) is 0 Å². The van der Waals surface area contributed by atoms with Crippen molar-refractivity contribution in [2.45, 2.75) is 25.8 Å². The van der Waals surface area contributed by atoms with Crippen LogP contribution in [0.4, 0.5) is 0 Å². The van der Waals surface area contributed by atoms with Crippen LogP contribution < -0.4 is 0 Å². The molecule has 1 heterocycles. The molecule has 0 N–H and O–H groups in total. The van der Waals surface area contributed by atoms with Gasteiger partial charge in [0.25, 0.3) is 0 Å². The van der Waals surface area contributed by atoms with Gasteiger partial charge in [-0.1, -0.05) is 6.92 Å². The third-order valence-electron chi connectivity index (χ3n) is 3.35. The molecular formula is C12H18ClNO3S. The summed E-state index contributed by atoms with van der Waals surface area (Å²) < 4.78 is 30.4. The molecule has 0 bridgehead atoms. The van der Waals surface area contributed by atoms with Crippen molar-refractivity contribution in [1.29, 1.82) is 0 Å².